The van der Waals surface area contributed by atoms with E-state index < -0.39 is 0 Å². The van der Waals surface area contributed by atoms with E-state index in [9.17, 15) is 4.79 Å². The minimum absolute atomic E-state index is 0.0279. The second-order valence-corrected chi connectivity index (χ2v) is 7.79. The lowest BCUT2D eigenvalue weighted by molar-refractivity contribution is 0.0932. The van der Waals surface area contributed by atoms with Gasteiger partial charge < -0.3 is 10.1 Å². The molecular formula is C25H37NO2. The first-order valence-corrected chi connectivity index (χ1v) is 11.1. The number of nitrogens with one attached hydrogen (secondary N) is 1. The lowest BCUT2D eigenvalue weighted by Gasteiger charge is -2.19. The smallest absolute Gasteiger partial charge is 0.251 e. The number of carbonyl (C=O) groups excluding carboxylic acids is 1. The van der Waals surface area contributed by atoms with Gasteiger partial charge in [0.2, 0.25) is 0 Å². The highest BCUT2D eigenvalue weighted by molar-refractivity contribution is 5.98. The van der Waals surface area contributed by atoms with Gasteiger partial charge in [0.1, 0.15) is 5.75 Å². The van der Waals surface area contributed by atoms with Gasteiger partial charge in [-0.15, -0.1) is 0 Å². The molecule has 0 aromatic heterocycles. The number of fused-ring (bicyclic) bond motifs is 1. The van der Waals surface area contributed by atoms with Crippen LogP contribution in [0.1, 0.15) is 89.4 Å². The zero-order valence-corrected chi connectivity index (χ0v) is 18.1. The molecule has 0 spiro atoms. The van der Waals surface area contributed by atoms with E-state index in [1.807, 2.05) is 24.3 Å². The van der Waals surface area contributed by atoms with Crippen LogP contribution in [0.3, 0.4) is 0 Å². The highest BCUT2D eigenvalue weighted by Crippen LogP contribution is 2.24. The zero-order chi connectivity index (χ0) is 20.4. The average molecular weight is 384 g/mol. The van der Waals surface area contributed by atoms with Crippen LogP contribution in [-0.2, 0) is 0 Å². The summed E-state index contributed by atoms with van der Waals surface area (Å²) in [6, 6.07) is 12.4. The van der Waals surface area contributed by atoms with Crippen molar-refractivity contribution in [1.29, 1.82) is 0 Å². The van der Waals surface area contributed by atoms with Gasteiger partial charge in [0.25, 0.3) is 5.91 Å². The highest BCUT2D eigenvalue weighted by atomic mass is 16.5. The van der Waals surface area contributed by atoms with Gasteiger partial charge in [-0.25, -0.2) is 0 Å². The van der Waals surface area contributed by atoms with Crippen molar-refractivity contribution in [1.82, 2.24) is 5.32 Å². The Labute approximate surface area is 170 Å². The summed E-state index contributed by atoms with van der Waals surface area (Å²) < 4.78 is 6.21. The van der Waals surface area contributed by atoms with Crippen molar-refractivity contribution >= 4 is 16.7 Å². The third-order valence-electron chi connectivity index (χ3n) is 5.21. The van der Waals surface area contributed by atoms with Crippen LogP contribution < -0.4 is 10.1 Å². The molecule has 0 aliphatic heterocycles. The Bertz CT molecular complexity index is 728. The number of hydrogen-bond donors (Lipinski definition) is 1. The number of benzene rings is 2. The number of carbonyl (C=O) groups is 1. The van der Waals surface area contributed by atoms with Crippen LogP contribution in [0, 0.1) is 0 Å². The molecule has 0 heterocycles. The molecular weight excluding hydrogens is 346 g/mol. The van der Waals surface area contributed by atoms with E-state index in [4.69, 9.17) is 4.74 Å². The van der Waals surface area contributed by atoms with Crippen LogP contribution in [0.15, 0.2) is 36.4 Å². The molecule has 0 bridgehead atoms. The van der Waals surface area contributed by atoms with Crippen LogP contribution in [0.5, 0.6) is 5.75 Å². The fraction of sp³-hybridized carbons (Fsp3) is 0.560. The molecule has 2 rings (SSSR count). The topological polar surface area (TPSA) is 38.3 Å². The van der Waals surface area contributed by atoms with Crippen molar-refractivity contribution in [3.05, 3.63) is 42.0 Å². The summed E-state index contributed by atoms with van der Waals surface area (Å²) in [5, 5.41) is 5.39. The molecule has 0 fully saturated rings. The summed E-state index contributed by atoms with van der Waals surface area (Å²) in [7, 11) is 0. The van der Waals surface area contributed by atoms with Gasteiger partial charge in [0, 0.05) is 11.6 Å². The van der Waals surface area contributed by atoms with E-state index in [1.54, 1.807) is 0 Å². The summed E-state index contributed by atoms with van der Waals surface area (Å²) in [4.78, 5) is 12.7. The lowest BCUT2D eigenvalue weighted by atomic mass is 10.0. The molecule has 2 aromatic rings. The van der Waals surface area contributed by atoms with E-state index >= 15 is 0 Å². The predicted molar refractivity (Wildman–Crippen MR) is 119 cm³/mol. The summed E-state index contributed by atoms with van der Waals surface area (Å²) >= 11 is 0. The molecule has 3 heteroatoms. The lowest BCUT2D eigenvalue weighted by Crippen LogP contribution is -2.34. The van der Waals surface area contributed by atoms with E-state index in [0.717, 1.165) is 73.5 Å². The SMILES string of the molecule is CCCC(CCC)NC(=O)c1ccc2cc(OC(CCC)CCC)ccc2c1. The third-order valence-corrected chi connectivity index (χ3v) is 5.21. The first-order valence-electron chi connectivity index (χ1n) is 11.1. The fourth-order valence-corrected chi connectivity index (χ4v) is 3.79. The molecule has 0 saturated carbocycles. The Morgan fingerprint density at radius 1 is 0.821 bits per heavy atom. The molecule has 0 aliphatic carbocycles. The van der Waals surface area contributed by atoms with Gasteiger partial charge in [-0.2, -0.15) is 0 Å². The van der Waals surface area contributed by atoms with Crippen molar-refractivity contribution in [3.63, 3.8) is 0 Å². The average Bonchev–Trinajstić information content (AvgIpc) is 2.68. The number of ether oxygens (including phenoxy) is 1. The first-order chi connectivity index (χ1) is 13.6. The second kappa shape index (κ2) is 11.7. The maximum atomic E-state index is 12.7. The van der Waals surface area contributed by atoms with Gasteiger partial charge in [0.15, 0.2) is 0 Å². The van der Waals surface area contributed by atoms with Crippen molar-refractivity contribution in [2.75, 3.05) is 0 Å². The third kappa shape index (κ3) is 6.54. The largest absolute Gasteiger partial charge is 0.490 e. The molecule has 1 N–H and O–H groups in total. The summed E-state index contributed by atoms with van der Waals surface area (Å²) in [5.74, 6) is 0.947. The van der Waals surface area contributed by atoms with Crippen molar-refractivity contribution in [3.8, 4) is 5.75 Å². The molecule has 28 heavy (non-hydrogen) atoms. The minimum atomic E-state index is 0.0279. The monoisotopic (exact) mass is 383 g/mol. The van der Waals surface area contributed by atoms with Gasteiger partial charge in [-0.1, -0.05) is 65.5 Å². The number of amides is 1. The maximum absolute atomic E-state index is 12.7. The molecule has 0 aliphatic rings. The maximum Gasteiger partial charge on any atom is 0.251 e. The first kappa shape index (κ1) is 22.3. The molecule has 0 unspecified atom stereocenters. The standard InChI is InChI=1S/C25H37NO2/c1-5-9-22(10-6-2)26-25(27)21-14-13-20-18-24(16-15-19(20)17-21)28-23(11-7-3)12-8-4/h13-18,22-23H,5-12H2,1-4H3,(H,26,27). The number of hydrogen-bond acceptors (Lipinski definition) is 2. The Hall–Kier alpha value is -2.03. The van der Waals surface area contributed by atoms with Crippen LogP contribution in [-0.4, -0.2) is 18.1 Å². The summed E-state index contributed by atoms with van der Waals surface area (Å²) in [5.41, 5.74) is 0.730. The highest BCUT2D eigenvalue weighted by Gasteiger charge is 2.13. The molecule has 0 radical (unpaired) electrons. The second-order valence-electron chi connectivity index (χ2n) is 7.79. The van der Waals surface area contributed by atoms with E-state index in [0.29, 0.717) is 0 Å². The molecule has 154 valence electrons. The summed E-state index contributed by atoms with van der Waals surface area (Å²) in [6.07, 6.45) is 8.96. The van der Waals surface area contributed by atoms with E-state index in [-0.39, 0.29) is 18.1 Å². The Kier molecular flexibility index (Phi) is 9.33. The van der Waals surface area contributed by atoms with Gasteiger partial charge in [0.05, 0.1) is 6.10 Å². The Morgan fingerprint density at radius 3 is 2.00 bits per heavy atom. The molecule has 0 saturated heterocycles. The number of rotatable bonds is 12. The molecule has 3 nitrogen and oxygen atoms in total. The van der Waals surface area contributed by atoms with Crippen LogP contribution in [0.4, 0.5) is 0 Å². The molecule has 2 aromatic carbocycles. The van der Waals surface area contributed by atoms with Gasteiger partial charge >= 0.3 is 0 Å². The molecule has 1 amide bonds. The fourth-order valence-electron chi connectivity index (χ4n) is 3.79. The van der Waals surface area contributed by atoms with E-state index in [1.165, 1.54) is 0 Å². The predicted octanol–water partition coefficient (Wildman–Crippen LogP) is 6.89. The quantitative estimate of drug-likeness (QED) is 0.433. The van der Waals surface area contributed by atoms with E-state index in [2.05, 4.69) is 45.1 Å². The van der Waals surface area contributed by atoms with Gasteiger partial charge in [-0.05, 0) is 60.7 Å². The molecule has 0 atom stereocenters. The normalized spacial score (nSPS) is 11.4. The van der Waals surface area contributed by atoms with Crippen molar-refractivity contribution in [2.45, 2.75) is 91.2 Å². The Morgan fingerprint density at radius 2 is 1.39 bits per heavy atom. The van der Waals surface area contributed by atoms with Crippen LogP contribution >= 0.6 is 0 Å². The zero-order valence-electron chi connectivity index (χ0n) is 18.1. The van der Waals surface area contributed by atoms with Crippen LogP contribution in [0.2, 0.25) is 0 Å². The minimum Gasteiger partial charge on any atom is -0.490 e. The van der Waals surface area contributed by atoms with Crippen molar-refractivity contribution < 1.29 is 9.53 Å². The summed E-state index contributed by atoms with van der Waals surface area (Å²) in [6.45, 7) is 8.72. The van der Waals surface area contributed by atoms with Crippen LogP contribution in [0.25, 0.3) is 10.8 Å². The Balaban J connectivity index is 2.12. The van der Waals surface area contributed by atoms with Gasteiger partial charge in [-0.3, -0.25) is 4.79 Å². The van der Waals surface area contributed by atoms with Crippen molar-refractivity contribution in [2.24, 2.45) is 0 Å².